The van der Waals surface area contributed by atoms with Crippen LogP contribution in [0.25, 0.3) is 16.9 Å². The monoisotopic (exact) mass is 517 g/mol. The van der Waals surface area contributed by atoms with Crippen molar-refractivity contribution in [1.82, 2.24) is 14.4 Å². The van der Waals surface area contributed by atoms with Crippen molar-refractivity contribution < 1.29 is 9.59 Å². The summed E-state index contributed by atoms with van der Waals surface area (Å²) in [5, 5.41) is 2.66. The molecule has 1 saturated heterocycles. The lowest BCUT2D eigenvalue weighted by Gasteiger charge is -2.34. The molecule has 0 saturated carbocycles. The molecular weight excluding hydrogens is 490 g/mol. The first-order valence-electron chi connectivity index (χ1n) is 12.1. The highest BCUT2D eigenvalue weighted by atomic mass is 35.5. The number of carbonyl (C=O) groups excluding carboxylic acids is 2. The minimum Gasteiger partial charge on any atom is -0.339 e. The first-order valence-corrected chi connectivity index (χ1v) is 13.3. The molecule has 0 N–H and O–H groups in total. The van der Waals surface area contributed by atoms with Gasteiger partial charge in [-0.25, -0.2) is 0 Å². The largest absolute Gasteiger partial charge is 0.339 e. The lowest BCUT2D eigenvalue weighted by atomic mass is 10.1. The van der Waals surface area contributed by atoms with Crippen LogP contribution >= 0.6 is 22.9 Å². The summed E-state index contributed by atoms with van der Waals surface area (Å²) in [6.45, 7) is 6.22. The maximum Gasteiger partial charge on any atom is 0.255 e. The molecule has 1 aliphatic heterocycles. The van der Waals surface area contributed by atoms with Crippen LogP contribution < -0.4 is 0 Å². The van der Waals surface area contributed by atoms with E-state index in [4.69, 9.17) is 11.6 Å². The number of aromatic nitrogens is 1. The van der Waals surface area contributed by atoms with Gasteiger partial charge in [0, 0.05) is 47.5 Å². The van der Waals surface area contributed by atoms with E-state index in [0.29, 0.717) is 43.2 Å². The Labute approximate surface area is 220 Å². The molecule has 5 rings (SSSR count). The van der Waals surface area contributed by atoms with Gasteiger partial charge in [0.2, 0.25) is 5.91 Å². The minimum absolute atomic E-state index is 0.000489. The summed E-state index contributed by atoms with van der Waals surface area (Å²) < 4.78 is 2.14. The number of hydrogen-bond donors (Lipinski definition) is 0. The first kappa shape index (κ1) is 24.3. The highest BCUT2D eigenvalue weighted by molar-refractivity contribution is 7.10. The SMILES string of the molecule is Cc1cccc(-n2c(-c3ccc(Cl)cc3)cc(C(=O)N3CCN(C(=O)Cc4cccs4)CC3)c2C)c1. The molecule has 1 aliphatic rings. The van der Waals surface area contributed by atoms with Gasteiger partial charge in [0.25, 0.3) is 5.91 Å². The van der Waals surface area contributed by atoms with Crippen molar-refractivity contribution in [3.8, 4) is 16.9 Å². The second kappa shape index (κ2) is 10.3. The van der Waals surface area contributed by atoms with Gasteiger partial charge in [-0.15, -0.1) is 11.3 Å². The van der Waals surface area contributed by atoms with E-state index in [1.165, 1.54) is 0 Å². The fourth-order valence-corrected chi connectivity index (χ4v) is 5.58. The third-order valence-corrected chi connectivity index (χ3v) is 7.83. The number of benzene rings is 2. The fourth-order valence-electron chi connectivity index (χ4n) is 4.76. The van der Waals surface area contributed by atoms with Crippen LogP contribution in [0, 0.1) is 13.8 Å². The summed E-state index contributed by atoms with van der Waals surface area (Å²) in [6, 6.07) is 21.9. The zero-order valence-electron chi connectivity index (χ0n) is 20.4. The predicted molar refractivity (Wildman–Crippen MR) is 146 cm³/mol. The summed E-state index contributed by atoms with van der Waals surface area (Å²) in [7, 11) is 0. The van der Waals surface area contributed by atoms with Gasteiger partial charge in [-0.2, -0.15) is 0 Å². The molecule has 1 fully saturated rings. The summed E-state index contributed by atoms with van der Waals surface area (Å²) in [5.41, 5.74) is 5.68. The van der Waals surface area contributed by atoms with Gasteiger partial charge in [-0.05, 0) is 66.8 Å². The maximum absolute atomic E-state index is 13.7. The Morgan fingerprint density at radius 1 is 0.889 bits per heavy atom. The number of amides is 2. The zero-order valence-corrected chi connectivity index (χ0v) is 22.0. The quantitative estimate of drug-likeness (QED) is 0.326. The van der Waals surface area contributed by atoms with E-state index in [9.17, 15) is 9.59 Å². The standard InChI is InChI=1S/C29H28ClN3O2S/c1-20-5-3-6-24(17-20)33-21(2)26(19-27(33)22-8-10-23(30)11-9-22)29(35)32-14-12-31(13-15-32)28(34)18-25-7-4-16-36-25/h3-11,16-17,19H,12-15,18H2,1-2H3. The smallest absolute Gasteiger partial charge is 0.255 e. The number of nitrogens with zero attached hydrogens (tertiary/aromatic N) is 3. The van der Waals surface area contributed by atoms with E-state index in [2.05, 4.69) is 29.7 Å². The molecule has 0 aliphatic carbocycles. The van der Waals surface area contributed by atoms with E-state index in [0.717, 1.165) is 33.1 Å². The van der Waals surface area contributed by atoms with Crippen molar-refractivity contribution in [3.05, 3.63) is 98.8 Å². The fraction of sp³-hybridized carbons (Fsp3) is 0.241. The van der Waals surface area contributed by atoms with E-state index in [1.54, 1.807) is 11.3 Å². The molecule has 2 aromatic heterocycles. The Balaban J connectivity index is 1.40. The van der Waals surface area contributed by atoms with Crippen LogP contribution in [0.4, 0.5) is 0 Å². The Morgan fingerprint density at radius 2 is 1.61 bits per heavy atom. The molecule has 0 unspecified atom stereocenters. The number of thiophene rings is 1. The highest BCUT2D eigenvalue weighted by Gasteiger charge is 2.28. The molecule has 184 valence electrons. The Kier molecular flexibility index (Phi) is 6.99. The number of aryl methyl sites for hydroxylation is 1. The molecule has 3 heterocycles. The average Bonchev–Trinajstić information content (AvgIpc) is 3.52. The molecule has 36 heavy (non-hydrogen) atoms. The van der Waals surface area contributed by atoms with Crippen molar-refractivity contribution in [1.29, 1.82) is 0 Å². The van der Waals surface area contributed by atoms with Crippen LogP contribution in [0.15, 0.2) is 72.1 Å². The molecule has 0 bridgehead atoms. The molecule has 5 nitrogen and oxygen atoms in total. The van der Waals surface area contributed by atoms with Gasteiger partial charge in [-0.3, -0.25) is 9.59 Å². The summed E-state index contributed by atoms with van der Waals surface area (Å²) in [4.78, 5) is 31.2. The van der Waals surface area contributed by atoms with Crippen molar-refractivity contribution in [2.24, 2.45) is 0 Å². The Hall–Kier alpha value is -3.35. The molecule has 0 atom stereocenters. The summed E-state index contributed by atoms with van der Waals surface area (Å²) in [5.74, 6) is 0.121. The number of piperazine rings is 1. The maximum atomic E-state index is 13.7. The van der Waals surface area contributed by atoms with Crippen LogP contribution in [0.5, 0.6) is 0 Å². The van der Waals surface area contributed by atoms with Crippen LogP contribution in [0.1, 0.15) is 26.5 Å². The Bertz CT molecular complexity index is 1380. The van der Waals surface area contributed by atoms with Gasteiger partial charge >= 0.3 is 0 Å². The average molecular weight is 518 g/mol. The predicted octanol–water partition coefficient (Wildman–Crippen LogP) is 6.00. The molecule has 2 aromatic carbocycles. The van der Waals surface area contributed by atoms with Gasteiger partial charge in [0.1, 0.15) is 0 Å². The number of halogens is 1. The van der Waals surface area contributed by atoms with Crippen LogP contribution in [-0.2, 0) is 11.2 Å². The molecule has 0 radical (unpaired) electrons. The number of carbonyl (C=O) groups is 2. The van der Waals surface area contributed by atoms with E-state index >= 15 is 0 Å². The van der Waals surface area contributed by atoms with E-state index in [1.807, 2.05) is 70.6 Å². The zero-order chi connectivity index (χ0) is 25.2. The minimum atomic E-state index is -0.000489. The molecule has 7 heteroatoms. The topological polar surface area (TPSA) is 45.6 Å². The highest BCUT2D eigenvalue weighted by Crippen LogP contribution is 2.31. The van der Waals surface area contributed by atoms with Crippen molar-refractivity contribution in [2.75, 3.05) is 26.2 Å². The van der Waals surface area contributed by atoms with E-state index < -0.39 is 0 Å². The van der Waals surface area contributed by atoms with Gasteiger partial charge in [-0.1, -0.05) is 41.9 Å². The van der Waals surface area contributed by atoms with E-state index in [-0.39, 0.29) is 11.8 Å². The van der Waals surface area contributed by atoms with Gasteiger partial charge in [0.15, 0.2) is 0 Å². The van der Waals surface area contributed by atoms with Gasteiger partial charge in [0.05, 0.1) is 17.7 Å². The number of rotatable bonds is 5. The molecular formula is C29H28ClN3O2S. The second-order valence-electron chi connectivity index (χ2n) is 9.14. The first-order chi connectivity index (χ1) is 17.4. The van der Waals surface area contributed by atoms with Crippen LogP contribution in [0.2, 0.25) is 5.02 Å². The lowest BCUT2D eigenvalue weighted by molar-refractivity contribution is -0.131. The third-order valence-electron chi connectivity index (χ3n) is 6.70. The third kappa shape index (κ3) is 4.97. The summed E-state index contributed by atoms with van der Waals surface area (Å²) in [6.07, 6.45) is 0.425. The molecule has 4 aromatic rings. The molecule has 0 spiro atoms. The van der Waals surface area contributed by atoms with Crippen molar-refractivity contribution in [2.45, 2.75) is 20.3 Å². The second-order valence-corrected chi connectivity index (χ2v) is 10.6. The summed E-state index contributed by atoms with van der Waals surface area (Å²) >= 11 is 7.74. The normalized spacial score (nSPS) is 13.8. The van der Waals surface area contributed by atoms with Crippen molar-refractivity contribution in [3.63, 3.8) is 0 Å². The van der Waals surface area contributed by atoms with Gasteiger partial charge < -0.3 is 14.4 Å². The van der Waals surface area contributed by atoms with Crippen LogP contribution in [-0.4, -0.2) is 52.4 Å². The molecule has 2 amide bonds. The number of hydrogen-bond acceptors (Lipinski definition) is 3. The van der Waals surface area contributed by atoms with Crippen molar-refractivity contribution >= 4 is 34.8 Å². The lowest BCUT2D eigenvalue weighted by Crippen LogP contribution is -2.51. The Morgan fingerprint density at radius 3 is 2.28 bits per heavy atom. The van der Waals surface area contributed by atoms with Crippen LogP contribution in [0.3, 0.4) is 0 Å².